The highest BCUT2D eigenvalue weighted by Gasteiger charge is 2.01. The number of anilines is 1. The van der Waals surface area contributed by atoms with E-state index >= 15 is 0 Å². The number of rotatable bonds is 5. The highest BCUT2D eigenvalue weighted by atomic mass is 35.5. The van der Waals surface area contributed by atoms with E-state index in [1.54, 1.807) is 18.2 Å². The van der Waals surface area contributed by atoms with Crippen LogP contribution in [0, 0.1) is 0 Å². The van der Waals surface area contributed by atoms with Crippen molar-refractivity contribution in [3.63, 3.8) is 0 Å². The lowest BCUT2D eigenvalue weighted by molar-refractivity contribution is -0.111. The number of hydrogen-bond donors (Lipinski definition) is 1. The van der Waals surface area contributed by atoms with Crippen LogP contribution in [0.15, 0.2) is 54.6 Å². The van der Waals surface area contributed by atoms with E-state index in [-0.39, 0.29) is 5.91 Å². The molecule has 0 aliphatic carbocycles. The van der Waals surface area contributed by atoms with E-state index in [2.05, 4.69) is 5.32 Å². The second-order valence-corrected chi connectivity index (χ2v) is 4.71. The quantitative estimate of drug-likeness (QED) is 0.832. The maximum atomic E-state index is 11.8. The van der Waals surface area contributed by atoms with E-state index in [1.807, 2.05) is 43.3 Å². The van der Waals surface area contributed by atoms with Crippen LogP contribution in [-0.4, -0.2) is 12.5 Å². The fraction of sp³-hybridized carbons (Fsp3) is 0.118. The molecule has 4 heteroatoms. The Morgan fingerprint density at radius 2 is 1.90 bits per heavy atom. The third-order valence-corrected chi connectivity index (χ3v) is 3.08. The Kier molecular flexibility index (Phi) is 5.41. The Balaban J connectivity index is 1.97. The van der Waals surface area contributed by atoms with Gasteiger partial charge in [-0.3, -0.25) is 4.79 Å². The average Bonchev–Trinajstić information content (AvgIpc) is 2.49. The smallest absolute Gasteiger partial charge is 0.248 e. The molecule has 0 fully saturated rings. The molecule has 0 saturated heterocycles. The molecule has 0 aromatic heterocycles. The zero-order chi connectivity index (χ0) is 15.1. The minimum atomic E-state index is -0.225. The molecule has 1 amide bonds. The van der Waals surface area contributed by atoms with Gasteiger partial charge in [-0.15, -0.1) is 0 Å². The van der Waals surface area contributed by atoms with E-state index < -0.39 is 0 Å². The summed E-state index contributed by atoms with van der Waals surface area (Å²) < 4.78 is 5.36. The summed E-state index contributed by atoms with van der Waals surface area (Å²) in [6.45, 7) is 2.57. The van der Waals surface area contributed by atoms with Crippen molar-refractivity contribution < 1.29 is 9.53 Å². The van der Waals surface area contributed by atoms with Gasteiger partial charge in [0, 0.05) is 6.08 Å². The lowest BCUT2D eigenvalue weighted by Gasteiger charge is -2.04. The van der Waals surface area contributed by atoms with Gasteiger partial charge < -0.3 is 10.1 Å². The number of ether oxygens (including phenoxy) is 1. The second kappa shape index (κ2) is 7.50. The summed E-state index contributed by atoms with van der Waals surface area (Å²) in [6, 6.07) is 14.6. The summed E-state index contributed by atoms with van der Waals surface area (Å²) in [5.41, 5.74) is 1.52. The molecule has 0 spiro atoms. The third kappa shape index (κ3) is 4.65. The Bertz CT molecular complexity index is 635. The normalized spacial score (nSPS) is 10.6. The van der Waals surface area contributed by atoms with Gasteiger partial charge in [0.1, 0.15) is 5.75 Å². The molecular formula is C17H16ClNO2. The Labute approximate surface area is 129 Å². The van der Waals surface area contributed by atoms with E-state index in [0.717, 1.165) is 11.3 Å². The molecule has 2 aromatic carbocycles. The molecule has 0 aliphatic heterocycles. The first kappa shape index (κ1) is 15.1. The number of benzene rings is 2. The lowest BCUT2D eigenvalue weighted by atomic mass is 10.2. The number of carbonyl (C=O) groups excluding carboxylic acids is 1. The van der Waals surface area contributed by atoms with Gasteiger partial charge in [0.15, 0.2) is 0 Å². The van der Waals surface area contributed by atoms with E-state index in [1.165, 1.54) is 6.08 Å². The van der Waals surface area contributed by atoms with Crippen LogP contribution in [0.4, 0.5) is 5.69 Å². The zero-order valence-corrected chi connectivity index (χ0v) is 12.4. The van der Waals surface area contributed by atoms with E-state index in [9.17, 15) is 4.79 Å². The summed E-state index contributed by atoms with van der Waals surface area (Å²) in [5, 5.41) is 3.24. The molecule has 0 heterocycles. The molecule has 0 saturated carbocycles. The number of nitrogens with one attached hydrogen (secondary N) is 1. The standard InChI is InChI=1S/C17H16ClNO2/c1-2-21-14-10-7-13(8-11-14)9-12-17(20)19-16-6-4-3-5-15(16)18/h3-12H,2H2,1H3,(H,19,20). The SMILES string of the molecule is CCOc1ccc(C=CC(=O)Nc2ccccc2Cl)cc1. The first-order valence-electron chi connectivity index (χ1n) is 6.65. The van der Waals surface area contributed by atoms with Crippen molar-refractivity contribution in [2.45, 2.75) is 6.92 Å². The highest BCUT2D eigenvalue weighted by Crippen LogP contribution is 2.20. The van der Waals surface area contributed by atoms with Gasteiger partial charge in [-0.05, 0) is 42.8 Å². The number of para-hydroxylation sites is 1. The monoisotopic (exact) mass is 301 g/mol. The number of hydrogen-bond acceptors (Lipinski definition) is 2. The van der Waals surface area contributed by atoms with Crippen LogP contribution in [0.3, 0.4) is 0 Å². The van der Waals surface area contributed by atoms with Crippen molar-refractivity contribution in [2.75, 3.05) is 11.9 Å². The molecule has 2 aromatic rings. The van der Waals surface area contributed by atoms with Crippen molar-refractivity contribution in [1.29, 1.82) is 0 Å². The largest absolute Gasteiger partial charge is 0.494 e. The van der Waals surface area contributed by atoms with Crippen LogP contribution in [0.5, 0.6) is 5.75 Å². The van der Waals surface area contributed by atoms with Crippen LogP contribution in [0.2, 0.25) is 5.02 Å². The van der Waals surface area contributed by atoms with Crippen molar-refractivity contribution in [3.05, 3.63) is 65.2 Å². The number of amides is 1. The Hall–Kier alpha value is -2.26. The predicted octanol–water partition coefficient (Wildman–Crippen LogP) is 4.39. The molecule has 0 atom stereocenters. The Morgan fingerprint density at radius 1 is 1.19 bits per heavy atom. The highest BCUT2D eigenvalue weighted by molar-refractivity contribution is 6.33. The van der Waals surface area contributed by atoms with Crippen molar-refractivity contribution >= 4 is 29.3 Å². The minimum Gasteiger partial charge on any atom is -0.494 e. The summed E-state index contributed by atoms with van der Waals surface area (Å²) in [7, 11) is 0. The topological polar surface area (TPSA) is 38.3 Å². The summed E-state index contributed by atoms with van der Waals surface area (Å²) in [6.07, 6.45) is 3.21. The molecule has 0 aliphatic rings. The van der Waals surface area contributed by atoms with E-state index in [4.69, 9.17) is 16.3 Å². The van der Waals surface area contributed by atoms with Gasteiger partial charge in [-0.25, -0.2) is 0 Å². The molecule has 1 N–H and O–H groups in total. The van der Waals surface area contributed by atoms with Gasteiger partial charge in [0.25, 0.3) is 0 Å². The zero-order valence-electron chi connectivity index (χ0n) is 11.7. The van der Waals surface area contributed by atoms with Crippen LogP contribution in [0.1, 0.15) is 12.5 Å². The molecular weight excluding hydrogens is 286 g/mol. The van der Waals surface area contributed by atoms with E-state index in [0.29, 0.717) is 17.3 Å². The summed E-state index contributed by atoms with van der Waals surface area (Å²) in [5.74, 6) is 0.590. The molecule has 3 nitrogen and oxygen atoms in total. The van der Waals surface area contributed by atoms with Crippen LogP contribution in [-0.2, 0) is 4.79 Å². The summed E-state index contributed by atoms with van der Waals surface area (Å²) >= 11 is 5.98. The molecule has 0 bridgehead atoms. The van der Waals surface area contributed by atoms with Gasteiger partial charge in [0.05, 0.1) is 17.3 Å². The van der Waals surface area contributed by atoms with Crippen molar-refractivity contribution in [1.82, 2.24) is 0 Å². The van der Waals surface area contributed by atoms with Gasteiger partial charge in [0.2, 0.25) is 5.91 Å². The fourth-order valence-corrected chi connectivity index (χ4v) is 1.93. The first-order chi connectivity index (χ1) is 10.2. The molecule has 108 valence electrons. The second-order valence-electron chi connectivity index (χ2n) is 4.30. The maximum absolute atomic E-state index is 11.8. The molecule has 0 radical (unpaired) electrons. The number of halogens is 1. The Morgan fingerprint density at radius 3 is 2.57 bits per heavy atom. The van der Waals surface area contributed by atoms with Gasteiger partial charge in [-0.2, -0.15) is 0 Å². The van der Waals surface area contributed by atoms with Crippen LogP contribution < -0.4 is 10.1 Å². The minimum absolute atomic E-state index is 0.225. The van der Waals surface area contributed by atoms with Gasteiger partial charge >= 0.3 is 0 Å². The van der Waals surface area contributed by atoms with Crippen molar-refractivity contribution in [2.24, 2.45) is 0 Å². The van der Waals surface area contributed by atoms with Crippen molar-refractivity contribution in [3.8, 4) is 5.75 Å². The lowest BCUT2D eigenvalue weighted by Crippen LogP contribution is -2.07. The fourth-order valence-electron chi connectivity index (χ4n) is 1.75. The van der Waals surface area contributed by atoms with Crippen LogP contribution in [0.25, 0.3) is 6.08 Å². The summed E-state index contributed by atoms with van der Waals surface area (Å²) in [4.78, 5) is 11.8. The predicted molar refractivity (Wildman–Crippen MR) is 86.7 cm³/mol. The molecule has 2 rings (SSSR count). The molecule has 0 unspecified atom stereocenters. The van der Waals surface area contributed by atoms with Gasteiger partial charge in [-0.1, -0.05) is 35.9 Å². The molecule has 21 heavy (non-hydrogen) atoms. The maximum Gasteiger partial charge on any atom is 0.248 e. The first-order valence-corrected chi connectivity index (χ1v) is 7.03. The van der Waals surface area contributed by atoms with Crippen LogP contribution >= 0.6 is 11.6 Å². The average molecular weight is 302 g/mol. The number of carbonyl (C=O) groups is 1. The third-order valence-electron chi connectivity index (χ3n) is 2.75.